The summed E-state index contributed by atoms with van der Waals surface area (Å²) in [5.74, 6) is -2.29. The molecule has 0 unspecified atom stereocenters. The molecule has 1 aromatic rings. The Kier molecular flexibility index (Phi) is 5.74. The van der Waals surface area contributed by atoms with E-state index in [0.717, 1.165) is 3.57 Å². The molecule has 2 amide bonds. The second kappa shape index (κ2) is 7.07. The summed E-state index contributed by atoms with van der Waals surface area (Å²) in [4.78, 5) is 33.5. The number of rotatable bonds is 6. The van der Waals surface area contributed by atoms with Gasteiger partial charge in [0.2, 0.25) is 5.91 Å². The highest BCUT2D eigenvalue weighted by Crippen LogP contribution is 2.08. The first-order chi connectivity index (χ1) is 8.90. The standard InChI is InChI=1S/C12H13IN2O4/c13-8-3-1-2-7(6-8)11(17)15-9(12(18)19)4-5-10(14)16/h1-3,6,9H,4-5H2,(H2,14,16)(H,15,17)(H,18,19)/t9-/m0/s1. The first-order valence-corrected chi connectivity index (χ1v) is 6.55. The average Bonchev–Trinajstić information content (AvgIpc) is 2.33. The number of halogens is 1. The smallest absolute Gasteiger partial charge is 0.326 e. The Hall–Kier alpha value is -1.64. The maximum atomic E-state index is 11.9. The number of carboxylic acids is 1. The Bertz CT molecular complexity index is 504. The number of hydrogen-bond acceptors (Lipinski definition) is 3. The van der Waals surface area contributed by atoms with E-state index in [-0.39, 0.29) is 12.8 Å². The van der Waals surface area contributed by atoms with Crippen molar-refractivity contribution in [1.82, 2.24) is 5.32 Å². The largest absolute Gasteiger partial charge is 0.480 e. The highest BCUT2D eigenvalue weighted by molar-refractivity contribution is 14.1. The molecular weight excluding hydrogens is 363 g/mol. The summed E-state index contributed by atoms with van der Waals surface area (Å²) in [5, 5.41) is 11.3. The normalized spacial score (nSPS) is 11.6. The Morgan fingerprint density at radius 3 is 2.58 bits per heavy atom. The quantitative estimate of drug-likeness (QED) is 0.637. The van der Waals surface area contributed by atoms with Crippen LogP contribution in [0.25, 0.3) is 0 Å². The lowest BCUT2D eigenvalue weighted by molar-refractivity contribution is -0.139. The van der Waals surface area contributed by atoms with Crippen LogP contribution in [0.1, 0.15) is 23.2 Å². The van der Waals surface area contributed by atoms with Gasteiger partial charge >= 0.3 is 5.97 Å². The van der Waals surface area contributed by atoms with Crippen molar-refractivity contribution in [2.45, 2.75) is 18.9 Å². The maximum absolute atomic E-state index is 11.9. The maximum Gasteiger partial charge on any atom is 0.326 e. The van der Waals surface area contributed by atoms with Crippen LogP contribution in [0, 0.1) is 3.57 Å². The summed E-state index contributed by atoms with van der Waals surface area (Å²) in [6.07, 6.45) is -0.121. The van der Waals surface area contributed by atoms with Crippen molar-refractivity contribution in [1.29, 1.82) is 0 Å². The van der Waals surface area contributed by atoms with Crippen LogP contribution >= 0.6 is 22.6 Å². The zero-order chi connectivity index (χ0) is 14.4. The molecule has 1 aromatic carbocycles. The number of nitrogens with one attached hydrogen (secondary N) is 1. The van der Waals surface area contributed by atoms with Gasteiger partial charge in [0, 0.05) is 15.6 Å². The number of primary amides is 1. The summed E-state index contributed by atoms with van der Waals surface area (Å²) in [7, 11) is 0. The third kappa shape index (κ3) is 5.25. The van der Waals surface area contributed by atoms with E-state index >= 15 is 0 Å². The number of hydrogen-bond donors (Lipinski definition) is 3. The fraction of sp³-hybridized carbons (Fsp3) is 0.250. The molecular formula is C12H13IN2O4. The first-order valence-electron chi connectivity index (χ1n) is 5.47. The van der Waals surface area contributed by atoms with Crippen LogP contribution in [0.2, 0.25) is 0 Å². The third-order valence-corrected chi connectivity index (χ3v) is 3.04. The molecule has 0 bridgehead atoms. The predicted octanol–water partition coefficient (Wildman–Crippen LogP) is 0.740. The minimum absolute atomic E-state index is 0.0274. The van der Waals surface area contributed by atoms with Gasteiger partial charge in [0.15, 0.2) is 0 Å². The van der Waals surface area contributed by atoms with E-state index < -0.39 is 23.8 Å². The molecule has 7 heteroatoms. The van der Waals surface area contributed by atoms with Gasteiger partial charge in [0.05, 0.1) is 0 Å². The molecule has 6 nitrogen and oxygen atoms in total. The molecule has 0 saturated heterocycles. The monoisotopic (exact) mass is 376 g/mol. The molecule has 4 N–H and O–H groups in total. The molecule has 0 spiro atoms. The minimum Gasteiger partial charge on any atom is -0.480 e. The van der Waals surface area contributed by atoms with E-state index in [0.29, 0.717) is 5.56 Å². The Morgan fingerprint density at radius 2 is 2.05 bits per heavy atom. The van der Waals surface area contributed by atoms with E-state index in [1.165, 1.54) is 0 Å². The van der Waals surface area contributed by atoms with Gasteiger partial charge in [0.25, 0.3) is 5.91 Å². The molecule has 0 saturated carbocycles. The third-order valence-electron chi connectivity index (χ3n) is 2.37. The second-order valence-electron chi connectivity index (χ2n) is 3.88. The first kappa shape index (κ1) is 15.4. The van der Waals surface area contributed by atoms with Gasteiger partial charge < -0.3 is 16.2 Å². The number of carbonyl (C=O) groups excluding carboxylic acids is 2. The molecule has 0 aliphatic heterocycles. The van der Waals surface area contributed by atoms with Gasteiger partial charge in [-0.05, 0) is 47.2 Å². The Labute approximate surface area is 123 Å². The topological polar surface area (TPSA) is 109 Å². The Balaban J connectivity index is 2.71. The molecule has 102 valence electrons. The van der Waals surface area contributed by atoms with E-state index in [2.05, 4.69) is 27.9 Å². The van der Waals surface area contributed by atoms with E-state index in [1.54, 1.807) is 18.2 Å². The van der Waals surface area contributed by atoms with Gasteiger partial charge in [-0.2, -0.15) is 0 Å². The van der Waals surface area contributed by atoms with Gasteiger partial charge in [-0.1, -0.05) is 6.07 Å². The number of aliphatic carboxylic acids is 1. The van der Waals surface area contributed by atoms with Crippen molar-refractivity contribution in [3.63, 3.8) is 0 Å². The average molecular weight is 376 g/mol. The van der Waals surface area contributed by atoms with Crippen molar-refractivity contribution in [2.24, 2.45) is 5.73 Å². The molecule has 0 aromatic heterocycles. The number of carbonyl (C=O) groups is 3. The molecule has 0 heterocycles. The molecule has 19 heavy (non-hydrogen) atoms. The zero-order valence-corrected chi connectivity index (χ0v) is 12.1. The summed E-state index contributed by atoms with van der Waals surface area (Å²) in [6, 6.07) is 5.63. The molecule has 0 fully saturated rings. The SMILES string of the molecule is NC(=O)CC[C@H](NC(=O)c1cccc(I)c1)C(=O)O. The van der Waals surface area contributed by atoms with Crippen molar-refractivity contribution >= 4 is 40.4 Å². The van der Waals surface area contributed by atoms with Crippen LogP contribution in [0.5, 0.6) is 0 Å². The van der Waals surface area contributed by atoms with Gasteiger partial charge in [0.1, 0.15) is 6.04 Å². The predicted molar refractivity (Wildman–Crippen MR) is 76.5 cm³/mol. The van der Waals surface area contributed by atoms with Crippen LogP contribution in [-0.4, -0.2) is 28.9 Å². The summed E-state index contributed by atoms with van der Waals surface area (Å²) >= 11 is 2.05. The number of amides is 2. The number of carboxylic acid groups (broad SMARTS) is 1. The van der Waals surface area contributed by atoms with Crippen molar-refractivity contribution in [2.75, 3.05) is 0 Å². The van der Waals surface area contributed by atoms with Crippen molar-refractivity contribution in [3.05, 3.63) is 33.4 Å². The van der Waals surface area contributed by atoms with Crippen LogP contribution in [0.4, 0.5) is 0 Å². The lowest BCUT2D eigenvalue weighted by atomic mass is 10.1. The van der Waals surface area contributed by atoms with Gasteiger partial charge in [-0.25, -0.2) is 4.79 Å². The highest BCUT2D eigenvalue weighted by Gasteiger charge is 2.21. The van der Waals surface area contributed by atoms with E-state index in [4.69, 9.17) is 10.8 Å². The lowest BCUT2D eigenvalue weighted by Gasteiger charge is -2.13. The fourth-order valence-electron chi connectivity index (χ4n) is 1.42. The summed E-state index contributed by atoms with van der Waals surface area (Å²) < 4.78 is 0.870. The van der Waals surface area contributed by atoms with Crippen molar-refractivity contribution in [3.8, 4) is 0 Å². The minimum atomic E-state index is -1.19. The lowest BCUT2D eigenvalue weighted by Crippen LogP contribution is -2.41. The molecule has 1 atom stereocenters. The van der Waals surface area contributed by atoms with Crippen LogP contribution < -0.4 is 11.1 Å². The fourth-order valence-corrected chi connectivity index (χ4v) is 1.96. The Morgan fingerprint density at radius 1 is 1.37 bits per heavy atom. The molecule has 0 radical (unpaired) electrons. The van der Waals surface area contributed by atoms with Gasteiger partial charge in [-0.15, -0.1) is 0 Å². The van der Waals surface area contributed by atoms with Crippen molar-refractivity contribution < 1.29 is 19.5 Å². The highest BCUT2D eigenvalue weighted by atomic mass is 127. The molecule has 0 aliphatic carbocycles. The van der Waals surface area contributed by atoms with E-state index in [1.807, 2.05) is 6.07 Å². The second-order valence-corrected chi connectivity index (χ2v) is 5.13. The van der Waals surface area contributed by atoms with Crippen LogP contribution in [0.3, 0.4) is 0 Å². The molecule has 0 aliphatic rings. The van der Waals surface area contributed by atoms with Crippen LogP contribution in [0.15, 0.2) is 24.3 Å². The van der Waals surface area contributed by atoms with Gasteiger partial charge in [-0.3, -0.25) is 9.59 Å². The summed E-state index contributed by atoms with van der Waals surface area (Å²) in [6.45, 7) is 0. The summed E-state index contributed by atoms with van der Waals surface area (Å²) in [5.41, 5.74) is 5.33. The van der Waals surface area contributed by atoms with E-state index in [9.17, 15) is 14.4 Å². The molecule has 1 rings (SSSR count). The number of benzene rings is 1. The number of nitrogens with two attached hydrogens (primary N) is 1. The zero-order valence-electron chi connectivity index (χ0n) is 9.93. The van der Waals surface area contributed by atoms with Crippen LogP contribution in [-0.2, 0) is 9.59 Å².